The Kier molecular flexibility index (Phi) is 8.12. The average Bonchev–Trinajstić information content (AvgIpc) is 2.90. The van der Waals surface area contributed by atoms with E-state index in [4.69, 9.17) is 4.74 Å². The molecule has 1 atom stereocenters. The van der Waals surface area contributed by atoms with Gasteiger partial charge in [-0.25, -0.2) is 4.39 Å². The highest BCUT2D eigenvalue weighted by Crippen LogP contribution is 2.26. The van der Waals surface area contributed by atoms with E-state index in [1.54, 1.807) is 36.7 Å². The molecule has 0 radical (unpaired) electrons. The number of nitrogens with one attached hydrogen (secondary N) is 2. The molecule has 2 amide bonds. The number of halogens is 1. The van der Waals surface area contributed by atoms with Crippen molar-refractivity contribution in [1.29, 1.82) is 0 Å². The number of anilines is 2. The number of carbonyl (C=O) groups is 2. The fourth-order valence-electron chi connectivity index (χ4n) is 4.38. The lowest BCUT2D eigenvalue weighted by atomic mass is 10.1. The van der Waals surface area contributed by atoms with Gasteiger partial charge in [-0.3, -0.25) is 19.5 Å². The second-order valence-electron chi connectivity index (χ2n) is 8.64. The maximum Gasteiger partial charge on any atom is 0.313 e. The van der Waals surface area contributed by atoms with Crippen molar-refractivity contribution in [1.82, 2.24) is 15.2 Å². The first-order valence-electron chi connectivity index (χ1n) is 11.8. The Morgan fingerprint density at radius 1 is 1.06 bits per heavy atom. The number of rotatable bonds is 7. The van der Waals surface area contributed by atoms with Crippen molar-refractivity contribution >= 4 is 23.2 Å². The van der Waals surface area contributed by atoms with E-state index in [9.17, 15) is 14.0 Å². The zero-order valence-electron chi connectivity index (χ0n) is 20.4. The quantitative estimate of drug-likeness (QED) is 0.494. The van der Waals surface area contributed by atoms with Gasteiger partial charge in [0, 0.05) is 45.1 Å². The molecule has 1 aromatic heterocycles. The van der Waals surface area contributed by atoms with Gasteiger partial charge in [0.1, 0.15) is 11.6 Å². The average molecular weight is 492 g/mol. The number of aromatic nitrogens is 1. The van der Waals surface area contributed by atoms with Crippen LogP contribution >= 0.6 is 0 Å². The van der Waals surface area contributed by atoms with Gasteiger partial charge < -0.3 is 20.3 Å². The molecule has 0 unspecified atom stereocenters. The van der Waals surface area contributed by atoms with Crippen LogP contribution in [0.3, 0.4) is 0 Å². The molecule has 0 spiro atoms. The molecule has 8 nitrogen and oxygen atoms in total. The highest BCUT2D eigenvalue weighted by Gasteiger charge is 2.27. The van der Waals surface area contributed by atoms with Gasteiger partial charge >= 0.3 is 11.8 Å². The van der Waals surface area contributed by atoms with Crippen LogP contribution < -0.4 is 20.3 Å². The lowest BCUT2D eigenvalue weighted by molar-refractivity contribution is -0.136. The van der Waals surface area contributed by atoms with Crippen LogP contribution in [0.2, 0.25) is 0 Å². The smallest absolute Gasteiger partial charge is 0.313 e. The first-order chi connectivity index (χ1) is 17.5. The second-order valence-corrected chi connectivity index (χ2v) is 8.64. The summed E-state index contributed by atoms with van der Waals surface area (Å²) in [5.74, 6) is -1.27. The Bertz CT molecular complexity index is 1200. The number of piperazine rings is 1. The molecule has 1 saturated heterocycles. The van der Waals surface area contributed by atoms with Crippen molar-refractivity contribution in [2.24, 2.45) is 0 Å². The zero-order chi connectivity index (χ0) is 25.5. The molecular weight excluding hydrogens is 461 g/mol. The molecular formula is C27H30FN5O3. The van der Waals surface area contributed by atoms with Crippen LogP contribution in [0.4, 0.5) is 15.8 Å². The van der Waals surface area contributed by atoms with E-state index in [-0.39, 0.29) is 18.4 Å². The number of hydrogen-bond donors (Lipinski definition) is 2. The summed E-state index contributed by atoms with van der Waals surface area (Å²) >= 11 is 0. The molecule has 4 rings (SSSR count). The summed E-state index contributed by atoms with van der Waals surface area (Å²) in [6.45, 7) is 4.72. The fraction of sp³-hybridized carbons (Fsp3) is 0.296. The molecule has 1 aliphatic rings. The van der Waals surface area contributed by atoms with Gasteiger partial charge in [0.25, 0.3) is 0 Å². The number of ether oxygens (including phenoxy) is 1. The van der Waals surface area contributed by atoms with Crippen molar-refractivity contribution in [3.63, 3.8) is 0 Å². The third-order valence-corrected chi connectivity index (χ3v) is 6.28. The molecule has 9 heteroatoms. The Hall–Kier alpha value is -3.98. The number of nitrogens with zero attached hydrogens (tertiary/aromatic N) is 3. The first-order valence-corrected chi connectivity index (χ1v) is 11.8. The van der Waals surface area contributed by atoms with Gasteiger partial charge in [-0.1, -0.05) is 24.3 Å². The van der Waals surface area contributed by atoms with E-state index in [0.717, 1.165) is 11.1 Å². The topological polar surface area (TPSA) is 86.8 Å². The summed E-state index contributed by atoms with van der Waals surface area (Å²) in [6, 6.07) is 15.7. The number of amides is 2. The van der Waals surface area contributed by atoms with Crippen LogP contribution in [0.15, 0.2) is 67.0 Å². The normalized spacial score (nSPS) is 14.7. The summed E-state index contributed by atoms with van der Waals surface area (Å²) in [7, 11) is 1.50. The molecule has 1 aliphatic heterocycles. The zero-order valence-corrected chi connectivity index (χ0v) is 20.4. The fourth-order valence-corrected chi connectivity index (χ4v) is 4.38. The lowest BCUT2D eigenvalue weighted by Gasteiger charge is -2.40. The molecule has 1 fully saturated rings. The molecule has 0 saturated carbocycles. The Morgan fingerprint density at radius 3 is 2.53 bits per heavy atom. The first kappa shape index (κ1) is 25.1. The second kappa shape index (κ2) is 11.6. The van der Waals surface area contributed by atoms with Crippen molar-refractivity contribution < 1.29 is 18.7 Å². The number of aryl methyl sites for hydroxylation is 1. The number of pyridine rings is 1. The van der Waals surface area contributed by atoms with E-state index < -0.39 is 11.8 Å². The number of methoxy groups -OCH3 is 1. The summed E-state index contributed by atoms with van der Waals surface area (Å²) in [6.07, 6.45) is 3.45. The third kappa shape index (κ3) is 5.98. The van der Waals surface area contributed by atoms with E-state index in [1.807, 2.05) is 36.1 Å². The van der Waals surface area contributed by atoms with Crippen LogP contribution in [0.1, 0.15) is 17.2 Å². The monoisotopic (exact) mass is 491 g/mol. The van der Waals surface area contributed by atoms with Crippen LogP contribution in [0.25, 0.3) is 0 Å². The predicted molar refractivity (Wildman–Crippen MR) is 137 cm³/mol. The van der Waals surface area contributed by atoms with Crippen molar-refractivity contribution in [2.45, 2.75) is 13.0 Å². The molecule has 0 aliphatic carbocycles. The molecule has 3 aromatic rings. The summed E-state index contributed by atoms with van der Waals surface area (Å²) < 4.78 is 19.5. The molecule has 0 bridgehead atoms. The largest absolute Gasteiger partial charge is 0.495 e. The van der Waals surface area contributed by atoms with E-state index in [1.165, 1.54) is 13.2 Å². The van der Waals surface area contributed by atoms with Crippen molar-refractivity contribution in [2.75, 3.05) is 50.1 Å². The Balaban J connectivity index is 1.41. The number of carbonyl (C=O) groups excluding carboxylic acids is 2. The molecule has 2 N–H and O–H groups in total. The van der Waals surface area contributed by atoms with E-state index in [2.05, 4.69) is 20.5 Å². The van der Waals surface area contributed by atoms with E-state index in [0.29, 0.717) is 43.3 Å². The molecule has 188 valence electrons. The van der Waals surface area contributed by atoms with Gasteiger partial charge in [-0.05, 0) is 48.4 Å². The highest BCUT2D eigenvalue weighted by atomic mass is 19.1. The predicted octanol–water partition coefficient (Wildman–Crippen LogP) is 3.16. The van der Waals surface area contributed by atoms with Gasteiger partial charge in [0.05, 0.1) is 24.5 Å². The Morgan fingerprint density at radius 2 is 1.83 bits per heavy atom. The minimum atomic E-state index is -0.770. The standard InChI is InChI=1S/C27H30FN5O3/c1-19-9-10-25(36-2)22(16-19)31-27(35)26(34)30-18-24(20-6-5-11-29-17-20)33-14-12-32(13-15-33)23-8-4-3-7-21(23)28/h3-11,16-17,24H,12-15,18H2,1-2H3,(H,30,34)(H,31,35)/t24-/m1/s1. The lowest BCUT2D eigenvalue weighted by Crippen LogP contribution is -2.50. The number of hydrogen-bond acceptors (Lipinski definition) is 6. The highest BCUT2D eigenvalue weighted by molar-refractivity contribution is 6.39. The minimum absolute atomic E-state index is 0.188. The summed E-state index contributed by atoms with van der Waals surface area (Å²) in [5.41, 5.74) is 2.88. The molecule has 2 aromatic carbocycles. The maximum atomic E-state index is 14.2. The van der Waals surface area contributed by atoms with E-state index >= 15 is 0 Å². The van der Waals surface area contributed by atoms with Crippen LogP contribution in [0, 0.1) is 12.7 Å². The molecule has 2 heterocycles. The van der Waals surface area contributed by atoms with Gasteiger partial charge in [-0.15, -0.1) is 0 Å². The Labute approximate surface area is 210 Å². The van der Waals surface area contributed by atoms with Crippen molar-refractivity contribution in [3.8, 4) is 5.75 Å². The maximum absolute atomic E-state index is 14.2. The number of benzene rings is 2. The molecule has 36 heavy (non-hydrogen) atoms. The van der Waals surface area contributed by atoms with Gasteiger partial charge in [0.2, 0.25) is 0 Å². The minimum Gasteiger partial charge on any atom is -0.495 e. The van der Waals surface area contributed by atoms with Gasteiger partial charge in [-0.2, -0.15) is 0 Å². The van der Waals surface area contributed by atoms with Gasteiger partial charge in [0.15, 0.2) is 0 Å². The van der Waals surface area contributed by atoms with Crippen LogP contribution in [-0.4, -0.2) is 61.5 Å². The van der Waals surface area contributed by atoms with Crippen LogP contribution in [-0.2, 0) is 9.59 Å². The third-order valence-electron chi connectivity index (χ3n) is 6.28. The van der Waals surface area contributed by atoms with Crippen molar-refractivity contribution in [3.05, 3.63) is 83.9 Å². The summed E-state index contributed by atoms with van der Waals surface area (Å²) in [4.78, 5) is 33.7. The SMILES string of the molecule is COc1ccc(C)cc1NC(=O)C(=O)NC[C@H](c1cccnc1)N1CCN(c2ccccc2F)CC1. The van der Waals surface area contributed by atoms with Crippen LogP contribution in [0.5, 0.6) is 5.75 Å². The number of para-hydroxylation sites is 1. The summed E-state index contributed by atoms with van der Waals surface area (Å²) in [5, 5.41) is 5.40.